The van der Waals surface area contributed by atoms with Gasteiger partial charge in [-0.05, 0) is 12.1 Å². The van der Waals surface area contributed by atoms with Crippen molar-refractivity contribution in [3.8, 4) is 0 Å². The smallest absolute Gasteiger partial charge is 0.325 e. The normalized spacial score (nSPS) is 9.96. The van der Waals surface area contributed by atoms with Crippen molar-refractivity contribution in [1.82, 2.24) is 15.3 Å². The first kappa shape index (κ1) is 19.7. The van der Waals surface area contributed by atoms with Crippen LogP contribution in [0.2, 0.25) is 5.02 Å². The van der Waals surface area contributed by atoms with Crippen LogP contribution in [-0.4, -0.2) is 45.8 Å². The first-order valence-electron chi connectivity index (χ1n) is 7.31. The number of nitrogens with zero attached hydrogens (tertiary/aromatic N) is 3. The number of hydrogen-bond acceptors (Lipinski definition) is 8. The van der Waals surface area contributed by atoms with Crippen molar-refractivity contribution in [3.05, 3.63) is 57.4 Å². The van der Waals surface area contributed by atoms with Gasteiger partial charge in [0.05, 0.1) is 4.92 Å². The molecule has 27 heavy (non-hydrogen) atoms. The van der Waals surface area contributed by atoms with Crippen LogP contribution in [0.25, 0.3) is 0 Å². The molecule has 0 radical (unpaired) electrons. The second kappa shape index (κ2) is 9.20. The van der Waals surface area contributed by atoms with Crippen LogP contribution in [-0.2, 0) is 14.3 Å². The molecule has 2 N–H and O–H groups in total. The number of halogens is 1. The first-order chi connectivity index (χ1) is 12.8. The van der Waals surface area contributed by atoms with Crippen molar-refractivity contribution in [1.29, 1.82) is 0 Å². The maximum atomic E-state index is 12.0. The van der Waals surface area contributed by atoms with Gasteiger partial charge in [-0.25, -0.2) is 9.97 Å². The third-order valence-electron chi connectivity index (χ3n) is 2.93. The maximum absolute atomic E-state index is 12.0. The minimum Gasteiger partial charge on any atom is -0.454 e. The van der Waals surface area contributed by atoms with Crippen LogP contribution in [0, 0.1) is 10.1 Å². The molecule has 0 aliphatic heterocycles. The van der Waals surface area contributed by atoms with Gasteiger partial charge in [0, 0.05) is 35.1 Å². The number of esters is 1. The summed E-state index contributed by atoms with van der Waals surface area (Å²) < 4.78 is 4.69. The lowest BCUT2D eigenvalue weighted by Gasteiger charge is -2.07. The van der Waals surface area contributed by atoms with Crippen LogP contribution >= 0.6 is 11.6 Å². The number of anilines is 1. The molecule has 12 heteroatoms. The van der Waals surface area contributed by atoms with Crippen LogP contribution < -0.4 is 10.6 Å². The second-order valence-electron chi connectivity index (χ2n) is 4.92. The topological polar surface area (TPSA) is 153 Å². The molecule has 0 fully saturated rings. The fourth-order valence-electron chi connectivity index (χ4n) is 1.79. The van der Waals surface area contributed by atoms with Gasteiger partial charge in [0.25, 0.3) is 17.5 Å². The molecule has 2 amide bonds. The van der Waals surface area contributed by atoms with Crippen LogP contribution in [0.3, 0.4) is 0 Å². The van der Waals surface area contributed by atoms with Crippen LogP contribution in [0.1, 0.15) is 10.4 Å². The molecule has 1 aromatic carbocycles. The Balaban J connectivity index is 1.80. The van der Waals surface area contributed by atoms with Gasteiger partial charge in [-0.2, -0.15) is 0 Å². The number of hydrogen-bond donors (Lipinski definition) is 2. The zero-order valence-electron chi connectivity index (χ0n) is 13.5. The van der Waals surface area contributed by atoms with E-state index < -0.39 is 35.9 Å². The van der Waals surface area contributed by atoms with E-state index in [1.807, 2.05) is 0 Å². The molecule has 0 spiro atoms. The highest BCUT2D eigenvalue weighted by molar-refractivity contribution is 6.31. The van der Waals surface area contributed by atoms with E-state index in [4.69, 9.17) is 16.3 Å². The minimum absolute atomic E-state index is 0.00303. The molecule has 0 unspecified atom stereocenters. The highest BCUT2D eigenvalue weighted by atomic mass is 35.5. The fraction of sp³-hybridized carbons (Fsp3) is 0.133. The van der Waals surface area contributed by atoms with E-state index in [1.54, 1.807) is 6.07 Å². The van der Waals surface area contributed by atoms with Crippen LogP contribution in [0.5, 0.6) is 0 Å². The minimum atomic E-state index is -0.885. The SMILES string of the molecule is O=C(COC(=O)CNC(=O)c1cc(Cl)cc([N+](=O)[O-])c1)Nc1ncccn1. The van der Waals surface area contributed by atoms with E-state index >= 15 is 0 Å². The monoisotopic (exact) mass is 393 g/mol. The molecule has 1 aromatic heterocycles. The molecular weight excluding hydrogens is 382 g/mol. The average molecular weight is 394 g/mol. The van der Waals surface area contributed by atoms with Crippen molar-refractivity contribution in [3.63, 3.8) is 0 Å². The lowest BCUT2D eigenvalue weighted by Crippen LogP contribution is -2.32. The van der Waals surface area contributed by atoms with Gasteiger partial charge in [0.15, 0.2) is 6.61 Å². The predicted molar refractivity (Wildman–Crippen MR) is 92.1 cm³/mol. The van der Waals surface area contributed by atoms with E-state index in [9.17, 15) is 24.5 Å². The maximum Gasteiger partial charge on any atom is 0.325 e. The summed E-state index contributed by atoms with van der Waals surface area (Å²) >= 11 is 5.72. The van der Waals surface area contributed by atoms with E-state index in [1.165, 1.54) is 18.5 Å². The Kier molecular flexibility index (Phi) is 6.72. The fourth-order valence-corrected chi connectivity index (χ4v) is 2.02. The summed E-state index contributed by atoms with van der Waals surface area (Å²) in [6, 6.07) is 4.87. The average Bonchev–Trinajstić information content (AvgIpc) is 2.64. The van der Waals surface area contributed by atoms with Crippen LogP contribution in [0.15, 0.2) is 36.7 Å². The quantitative estimate of drug-likeness (QED) is 0.400. The number of non-ortho nitro benzene ring substituents is 1. The molecule has 140 valence electrons. The highest BCUT2D eigenvalue weighted by Gasteiger charge is 2.15. The molecule has 2 aromatic rings. The Hall–Kier alpha value is -3.60. The van der Waals surface area contributed by atoms with Gasteiger partial charge < -0.3 is 10.1 Å². The largest absolute Gasteiger partial charge is 0.454 e. The number of rotatable bonds is 7. The highest BCUT2D eigenvalue weighted by Crippen LogP contribution is 2.20. The Labute approximate surface area is 156 Å². The second-order valence-corrected chi connectivity index (χ2v) is 5.36. The number of amides is 2. The van der Waals surface area contributed by atoms with E-state index in [-0.39, 0.29) is 22.2 Å². The number of nitro benzene ring substituents is 1. The van der Waals surface area contributed by atoms with Crippen molar-refractivity contribution in [2.45, 2.75) is 0 Å². The van der Waals surface area contributed by atoms with Crippen molar-refractivity contribution < 1.29 is 24.0 Å². The number of nitro groups is 1. The van der Waals surface area contributed by atoms with Gasteiger partial charge in [-0.15, -0.1) is 0 Å². The molecule has 0 saturated carbocycles. The Morgan fingerprint density at radius 3 is 2.56 bits per heavy atom. The standard InChI is InChI=1S/C15H12ClN5O6/c16-10-4-9(5-11(6-10)21(25)26)14(24)19-7-13(23)27-8-12(22)20-15-17-2-1-3-18-15/h1-6H,7-8H2,(H,19,24)(H,17,18,20,22). The third-order valence-corrected chi connectivity index (χ3v) is 3.15. The van der Waals surface area contributed by atoms with Crippen molar-refractivity contribution >= 4 is 41.0 Å². The summed E-state index contributed by atoms with van der Waals surface area (Å²) in [5.74, 6) is -2.26. The van der Waals surface area contributed by atoms with E-state index in [0.29, 0.717) is 0 Å². The Bertz CT molecular complexity index is 876. The number of nitrogens with one attached hydrogen (secondary N) is 2. The Morgan fingerprint density at radius 1 is 1.19 bits per heavy atom. The molecule has 0 bridgehead atoms. The summed E-state index contributed by atoms with van der Waals surface area (Å²) in [4.78, 5) is 52.7. The van der Waals surface area contributed by atoms with Gasteiger partial charge in [0.1, 0.15) is 6.54 Å². The summed E-state index contributed by atoms with van der Waals surface area (Å²) in [6.07, 6.45) is 2.84. The molecule has 0 aliphatic carbocycles. The molecular formula is C15H12ClN5O6. The van der Waals surface area contributed by atoms with Crippen molar-refractivity contribution in [2.24, 2.45) is 0 Å². The van der Waals surface area contributed by atoms with E-state index in [2.05, 4.69) is 20.6 Å². The Morgan fingerprint density at radius 2 is 1.89 bits per heavy atom. The van der Waals surface area contributed by atoms with Crippen LogP contribution in [0.4, 0.5) is 11.6 Å². The summed E-state index contributed by atoms with van der Waals surface area (Å²) in [5, 5.41) is 15.3. The number of carbonyl (C=O) groups excluding carboxylic acids is 3. The number of ether oxygens (including phenoxy) is 1. The predicted octanol–water partition coefficient (Wildman–Crippen LogP) is 0.950. The molecule has 1 heterocycles. The zero-order valence-corrected chi connectivity index (χ0v) is 14.3. The molecule has 11 nitrogen and oxygen atoms in total. The van der Waals surface area contributed by atoms with E-state index in [0.717, 1.165) is 12.1 Å². The van der Waals surface area contributed by atoms with Gasteiger partial charge in [0.2, 0.25) is 5.95 Å². The van der Waals surface area contributed by atoms with Gasteiger partial charge in [-0.3, -0.25) is 29.8 Å². The molecule has 2 rings (SSSR count). The first-order valence-corrected chi connectivity index (χ1v) is 7.68. The lowest BCUT2D eigenvalue weighted by molar-refractivity contribution is -0.384. The zero-order chi connectivity index (χ0) is 19.8. The summed E-state index contributed by atoms with van der Waals surface area (Å²) in [5.41, 5.74) is -0.462. The lowest BCUT2D eigenvalue weighted by atomic mass is 10.2. The van der Waals surface area contributed by atoms with Gasteiger partial charge >= 0.3 is 5.97 Å². The molecule has 0 aliphatic rings. The number of benzene rings is 1. The third kappa shape index (κ3) is 6.32. The summed E-state index contributed by atoms with van der Waals surface area (Å²) in [6.45, 7) is -1.15. The number of carbonyl (C=O) groups is 3. The molecule has 0 atom stereocenters. The molecule has 0 saturated heterocycles. The number of aromatic nitrogens is 2. The summed E-state index contributed by atoms with van der Waals surface area (Å²) in [7, 11) is 0. The van der Waals surface area contributed by atoms with Crippen molar-refractivity contribution in [2.75, 3.05) is 18.5 Å². The van der Waals surface area contributed by atoms with Gasteiger partial charge in [-0.1, -0.05) is 11.6 Å².